The number of rotatable bonds is 7. The third-order valence-corrected chi connectivity index (χ3v) is 4.26. The number of methoxy groups -OCH3 is 1. The Morgan fingerprint density at radius 2 is 1.88 bits per heavy atom. The topological polar surface area (TPSA) is 81.5 Å². The van der Waals surface area contributed by atoms with E-state index in [4.69, 9.17) is 16.3 Å². The highest BCUT2D eigenvalue weighted by Crippen LogP contribution is 2.27. The number of halogens is 1. The summed E-state index contributed by atoms with van der Waals surface area (Å²) in [7, 11) is 1.59. The maximum absolute atomic E-state index is 12.6. The molecule has 0 aliphatic carbocycles. The molecule has 6 nitrogen and oxygen atoms in total. The largest absolute Gasteiger partial charge is 0.497 e. The Morgan fingerprint density at radius 3 is 2.42 bits per heavy atom. The average Bonchev–Trinajstić information content (AvgIpc) is 2.61. The van der Waals surface area contributed by atoms with Gasteiger partial charge in [0.2, 0.25) is 0 Å². The second kappa shape index (κ2) is 8.67. The lowest BCUT2D eigenvalue weighted by molar-refractivity contribution is -0.384. The molecular weight excluding hydrogens is 356 g/mol. The van der Waals surface area contributed by atoms with Crippen molar-refractivity contribution >= 4 is 23.2 Å². The molecule has 1 amide bonds. The molecule has 0 heterocycles. The van der Waals surface area contributed by atoms with E-state index in [0.717, 1.165) is 17.7 Å². The van der Waals surface area contributed by atoms with E-state index < -0.39 is 4.92 Å². The van der Waals surface area contributed by atoms with Crippen LogP contribution in [0.2, 0.25) is 5.02 Å². The smallest absolute Gasteiger partial charge is 0.288 e. The number of hydrogen-bond acceptors (Lipinski definition) is 4. The number of nitro groups is 1. The van der Waals surface area contributed by atoms with E-state index in [2.05, 4.69) is 19.2 Å². The summed E-state index contributed by atoms with van der Waals surface area (Å²) >= 11 is 5.81. The van der Waals surface area contributed by atoms with E-state index >= 15 is 0 Å². The Kier molecular flexibility index (Phi) is 6.58. The van der Waals surface area contributed by atoms with Crippen molar-refractivity contribution in [2.75, 3.05) is 7.11 Å². The number of nitrogens with one attached hydrogen (secondary N) is 1. The summed E-state index contributed by atoms with van der Waals surface area (Å²) < 4.78 is 5.16. The first kappa shape index (κ1) is 19.7. The molecule has 0 aliphatic rings. The number of hydrogen-bond donors (Lipinski definition) is 1. The van der Waals surface area contributed by atoms with Crippen molar-refractivity contribution < 1.29 is 14.5 Å². The third-order valence-electron chi connectivity index (χ3n) is 3.94. The molecule has 26 heavy (non-hydrogen) atoms. The predicted molar refractivity (Wildman–Crippen MR) is 101 cm³/mol. The standard InChI is InChI=1S/C19H21ClN2O4/c1-12(2)10-17(13-4-7-15(26-3)8-5-13)21-19(23)14-6-9-16(20)18(11-14)22(24)25/h4-9,11-12,17H,10H2,1-3H3,(H,21,23)/t17-/m1/s1. The molecular formula is C19H21ClN2O4. The Labute approximate surface area is 157 Å². The molecule has 2 rings (SSSR count). The third kappa shape index (κ3) is 4.95. The van der Waals surface area contributed by atoms with Crippen LogP contribution in [0.1, 0.15) is 42.2 Å². The minimum Gasteiger partial charge on any atom is -0.497 e. The van der Waals surface area contributed by atoms with Crippen LogP contribution in [0.3, 0.4) is 0 Å². The van der Waals surface area contributed by atoms with Gasteiger partial charge in [-0.2, -0.15) is 0 Å². The summed E-state index contributed by atoms with van der Waals surface area (Å²) in [6.07, 6.45) is 0.730. The minimum absolute atomic E-state index is 0.000403. The molecule has 1 atom stereocenters. The number of carbonyl (C=O) groups is 1. The zero-order chi connectivity index (χ0) is 19.3. The second-order valence-electron chi connectivity index (χ2n) is 6.35. The molecule has 0 unspecified atom stereocenters. The highest BCUT2D eigenvalue weighted by molar-refractivity contribution is 6.32. The Morgan fingerprint density at radius 1 is 1.23 bits per heavy atom. The first-order chi connectivity index (χ1) is 12.3. The SMILES string of the molecule is COc1ccc([C@@H](CC(C)C)NC(=O)c2ccc(Cl)c([N+](=O)[O-])c2)cc1. The Hall–Kier alpha value is -2.60. The van der Waals surface area contributed by atoms with Gasteiger partial charge in [0.15, 0.2) is 0 Å². The number of benzene rings is 2. The summed E-state index contributed by atoms with van der Waals surface area (Å²) in [6, 6.07) is 11.3. The lowest BCUT2D eigenvalue weighted by Gasteiger charge is -2.21. The molecule has 138 valence electrons. The van der Waals surface area contributed by atoms with Crippen LogP contribution in [-0.2, 0) is 0 Å². The van der Waals surface area contributed by atoms with Crippen LogP contribution in [0.4, 0.5) is 5.69 Å². The van der Waals surface area contributed by atoms with Gasteiger partial charge < -0.3 is 10.1 Å². The van der Waals surface area contributed by atoms with Crippen molar-refractivity contribution in [2.24, 2.45) is 5.92 Å². The average molecular weight is 377 g/mol. The van der Waals surface area contributed by atoms with Gasteiger partial charge in [-0.1, -0.05) is 37.6 Å². The number of nitrogens with zero attached hydrogens (tertiary/aromatic N) is 1. The summed E-state index contributed by atoms with van der Waals surface area (Å²) in [6.45, 7) is 4.13. The van der Waals surface area contributed by atoms with Crippen molar-refractivity contribution in [3.63, 3.8) is 0 Å². The maximum Gasteiger partial charge on any atom is 0.288 e. The van der Waals surface area contributed by atoms with Crippen molar-refractivity contribution in [1.29, 1.82) is 0 Å². The van der Waals surface area contributed by atoms with Crippen LogP contribution in [0.25, 0.3) is 0 Å². The van der Waals surface area contributed by atoms with Crippen LogP contribution in [-0.4, -0.2) is 17.9 Å². The molecule has 0 saturated carbocycles. The maximum atomic E-state index is 12.6. The number of amides is 1. The van der Waals surface area contributed by atoms with Gasteiger partial charge in [-0.05, 0) is 42.2 Å². The summed E-state index contributed by atoms with van der Waals surface area (Å²) in [5.41, 5.74) is 0.851. The van der Waals surface area contributed by atoms with Crippen LogP contribution in [0.5, 0.6) is 5.75 Å². The first-order valence-electron chi connectivity index (χ1n) is 8.20. The van der Waals surface area contributed by atoms with Gasteiger partial charge in [-0.3, -0.25) is 14.9 Å². The zero-order valence-corrected chi connectivity index (χ0v) is 15.6. The highest BCUT2D eigenvalue weighted by atomic mass is 35.5. The summed E-state index contributed by atoms with van der Waals surface area (Å²) in [5, 5.41) is 14.0. The van der Waals surface area contributed by atoms with E-state index in [-0.39, 0.29) is 28.2 Å². The molecule has 0 saturated heterocycles. The number of carbonyl (C=O) groups excluding carboxylic acids is 1. The predicted octanol–water partition coefficient (Wildman–Crippen LogP) is 4.77. The molecule has 1 N–H and O–H groups in total. The van der Waals surface area contributed by atoms with Gasteiger partial charge in [-0.15, -0.1) is 0 Å². The second-order valence-corrected chi connectivity index (χ2v) is 6.76. The van der Waals surface area contributed by atoms with Crippen molar-refractivity contribution in [3.8, 4) is 5.75 Å². The zero-order valence-electron chi connectivity index (χ0n) is 14.9. The molecule has 0 fully saturated rings. The quantitative estimate of drug-likeness (QED) is 0.557. The normalized spacial score (nSPS) is 11.9. The fourth-order valence-corrected chi connectivity index (χ4v) is 2.81. The van der Waals surface area contributed by atoms with Gasteiger partial charge >= 0.3 is 0 Å². The highest BCUT2D eigenvalue weighted by Gasteiger charge is 2.20. The summed E-state index contributed by atoms with van der Waals surface area (Å²) in [5.74, 6) is 0.699. The van der Waals surface area contributed by atoms with Gasteiger partial charge in [0.05, 0.1) is 18.1 Å². The monoisotopic (exact) mass is 376 g/mol. The lowest BCUT2D eigenvalue weighted by atomic mass is 9.96. The van der Waals surface area contributed by atoms with E-state index in [9.17, 15) is 14.9 Å². The van der Waals surface area contributed by atoms with Gasteiger partial charge in [0.1, 0.15) is 10.8 Å². The Bertz CT molecular complexity index is 791. The van der Waals surface area contributed by atoms with Crippen LogP contribution >= 0.6 is 11.6 Å². The number of nitro benzene ring substituents is 1. The first-order valence-corrected chi connectivity index (χ1v) is 8.58. The van der Waals surface area contributed by atoms with Crippen LogP contribution < -0.4 is 10.1 Å². The minimum atomic E-state index is -0.603. The van der Waals surface area contributed by atoms with Gasteiger partial charge in [-0.25, -0.2) is 0 Å². The van der Waals surface area contributed by atoms with Gasteiger partial charge in [0.25, 0.3) is 11.6 Å². The Balaban J connectivity index is 2.25. The van der Waals surface area contributed by atoms with Crippen molar-refractivity contribution in [1.82, 2.24) is 5.32 Å². The lowest BCUT2D eigenvalue weighted by Crippen LogP contribution is -2.29. The van der Waals surface area contributed by atoms with Crippen molar-refractivity contribution in [2.45, 2.75) is 26.3 Å². The molecule has 0 aliphatic heterocycles. The molecule has 2 aromatic rings. The molecule has 0 bridgehead atoms. The van der Waals surface area contributed by atoms with E-state index in [1.54, 1.807) is 7.11 Å². The molecule has 7 heteroatoms. The molecule has 2 aromatic carbocycles. The molecule has 0 spiro atoms. The number of ether oxygens (including phenoxy) is 1. The van der Waals surface area contributed by atoms with Crippen molar-refractivity contribution in [3.05, 3.63) is 68.7 Å². The fraction of sp³-hybridized carbons (Fsp3) is 0.316. The van der Waals surface area contributed by atoms with Crippen LogP contribution in [0.15, 0.2) is 42.5 Å². The van der Waals surface area contributed by atoms with E-state index in [1.165, 1.54) is 18.2 Å². The molecule has 0 radical (unpaired) electrons. The van der Waals surface area contributed by atoms with E-state index in [1.807, 2.05) is 24.3 Å². The summed E-state index contributed by atoms with van der Waals surface area (Å²) in [4.78, 5) is 23.0. The molecule has 0 aromatic heterocycles. The van der Waals surface area contributed by atoms with E-state index in [0.29, 0.717) is 5.92 Å². The van der Waals surface area contributed by atoms with Crippen LogP contribution in [0, 0.1) is 16.0 Å². The fourth-order valence-electron chi connectivity index (χ4n) is 2.62. The van der Waals surface area contributed by atoms with Gasteiger partial charge in [0, 0.05) is 11.6 Å².